The minimum absolute atomic E-state index is 0.238. The van der Waals surface area contributed by atoms with E-state index in [1.807, 2.05) is 24.3 Å². The lowest BCUT2D eigenvalue weighted by molar-refractivity contribution is 0.0787. The fraction of sp³-hybridized carbons (Fsp3) is 0.385. The van der Waals surface area contributed by atoms with Gasteiger partial charge in [0.25, 0.3) is 0 Å². The molecule has 1 heterocycles. The van der Waals surface area contributed by atoms with E-state index in [0.29, 0.717) is 13.2 Å². The lowest BCUT2D eigenvalue weighted by Crippen LogP contribution is -2.36. The highest BCUT2D eigenvalue weighted by Crippen LogP contribution is 2.37. The molecule has 0 bridgehead atoms. The first-order valence-corrected chi connectivity index (χ1v) is 5.24. The second-order valence-electron chi connectivity index (χ2n) is 3.94. The number of ether oxygens (including phenoxy) is 3. The van der Waals surface area contributed by atoms with Crippen LogP contribution in [0.1, 0.15) is 5.56 Å². The highest BCUT2D eigenvalue weighted by atomic mass is 16.5. The number of benzene rings is 1. The lowest BCUT2D eigenvalue weighted by Gasteiger charge is -2.33. The maximum absolute atomic E-state index is 5.48. The molecule has 0 amide bonds. The predicted octanol–water partition coefficient (Wildman–Crippen LogP) is 2.12. The Morgan fingerprint density at radius 2 is 1.81 bits per heavy atom. The lowest BCUT2D eigenvalue weighted by atomic mass is 9.80. The molecule has 0 atom stereocenters. The molecule has 0 fully saturated rings. The summed E-state index contributed by atoms with van der Waals surface area (Å²) in [7, 11) is 3.40. The predicted molar refractivity (Wildman–Crippen MR) is 61.6 cm³/mol. The maximum Gasteiger partial charge on any atom is 0.130 e. The van der Waals surface area contributed by atoms with Crippen LogP contribution in [0.4, 0.5) is 0 Å². The van der Waals surface area contributed by atoms with Crippen LogP contribution < -0.4 is 4.74 Å². The van der Waals surface area contributed by atoms with Crippen molar-refractivity contribution >= 4 is 0 Å². The summed E-state index contributed by atoms with van der Waals surface area (Å²) in [5.74, 6) is 0.874. The van der Waals surface area contributed by atoms with Crippen LogP contribution in [0.25, 0.3) is 0 Å². The molecule has 1 aromatic carbocycles. The van der Waals surface area contributed by atoms with Crippen LogP contribution in [-0.2, 0) is 14.9 Å². The number of fused-ring (bicyclic) bond motifs is 1. The molecular formula is C13H16O3. The Labute approximate surface area is 95.6 Å². The van der Waals surface area contributed by atoms with Gasteiger partial charge in [-0.25, -0.2) is 0 Å². The Morgan fingerprint density at radius 1 is 1.12 bits per heavy atom. The summed E-state index contributed by atoms with van der Waals surface area (Å²) < 4.78 is 16.1. The third kappa shape index (κ3) is 1.84. The van der Waals surface area contributed by atoms with Crippen LogP contribution >= 0.6 is 0 Å². The zero-order valence-corrected chi connectivity index (χ0v) is 9.60. The quantitative estimate of drug-likeness (QED) is 0.778. The molecule has 1 aromatic rings. The van der Waals surface area contributed by atoms with Gasteiger partial charge in [0.05, 0.1) is 24.9 Å². The van der Waals surface area contributed by atoms with Gasteiger partial charge in [0.1, 0.15) is 5.75 Å². The van der Waals surface area contributed by atoms with Crippen molar-refractivity contribution in [1.29, 1.82) is 0 Å². The molecule has 0 aromatic heterocycles. The van der Waals surface area contributed by atoms with Gasteiger partial charge in [-0.05, 0) is 12.1 Å². The van der Waals surface area contributed by atoms with Crippen molar-refractivity contribution in [3.8, 4) is 5.75 Å². The number of hydrogen-bond acceptors (Lipinski definition) is 3. The van der Waals surface area contributed by atoms with E-state index >= 15 is 0 Å². The fourth-order valence-electron chi connectivity index (χ4n) is 2.12. The van der Waals surface area contributed by atoms with Crippen LogP contribution in [0.3, 0.4) is 0 Å². The van der Waals surface area contributed by atoms with Crippen LogP contribution in [0.5, 0.6) is 5.75 Å². The molecule has 0 radical (unpaired) electrons. The second kappa shape index (κ2) is 4.68. The van der Waals surface area contributed by atoms with Gasteiger partial charge in [-0.3, -0.25) is 0 Å². The monoisotopic (exact) mass is 220 g/mol. The highest BCUT2D eigenvalue weighted by molar-refractivity contribution is 5.45. The molecule has 16 heavy (non-hydrogen) atoms. The summed E-state index contributed by atoms with van der Waals surface area (Å²) in [6.45, 7) is 1.16. The molecule has 2 rings (SSSR count). The van der Waals surface area contributed by atoms with Gasteiger partial charge >= 0.3 is 0 Å². The molecule has 0 saturated carbocycles. The topological polar surface area (TPSA) is 27.7 Å². The maximum atomic E-state index is 5.48. The number of methoxy groups -OCH3 is 2. The van der Waals surface area contributed by atoms with Crippen molar-refractivity contribution in [3.63, 3.8) is 0 Å². The average molecular weight is 220 g/mol. The van der Waals surface area contributed by atoms with Gasteiger partial charge in [-0.1, -0.05) is 18.2 Å². The van der Waals surface area contributed by atoms with E-state index in [4.69, 9.17) is 14.2 Å². The molecule has 86 valence electrons. The van der Waals surface area contributed by atoms with Gasteiger partial charge in [0.15, 0.2) is 0 Å². The number of hydrogen-bond donors (Lipinski definition) is 0. The average Bonchev–Trinajstić information content (AvgIpc) is 2.30. The largest absolute Gasteiger partial charge is 0.465 e. The molecule has 3 nitrogen and oxygen atoms in total. The zero-order valence-electron chi connectivity index (χ0n) is 9.60. The van der Waals surface area contributed by atoms with Gasteiger partial charge < -0.3 is 14.2 Å². The van der Waals surface area contributed by atoms with Crippen molar-refractivity contribution in [2.24, 2.45) is 0 Å². The van der Waals surface area contributed by atoms with E-state index in [9.17, 15) is 0 Å². The Bertz CT molecular complexity index is 379. The molecule has 0 unspecified atom stereocenters. The van der Waals surface area contributed by atoms with Crippen molar-refractivity contribution in [3.05, 3.63) is 42.2 Å². The van der Waals surface area contributed by atoms with Crippen molar-refractivity contribution in [2.45, 2.75) is 5.41 Å². The van der Waals surface area contributed by atoms with Crippen molar-refractivity contribution in [2.75, 3.05) is 27.4 Å². The van der Waals surface area contributed by atoms with Gasteiger partial charge in [-0.15, -0.1) is 0 Å². The van der Waals surface area contributed by atoms with Gasteiger partial charge in [0, 0.05) is 19.8 Å². The summed E-state index contributed by atoms with van der Waals surface area (Å²) in [5.41, 5.74) is 0.874. The van der Waals surface area contributed by atoms with E-state index < -0.39 is 0 Å². The Kier molecular flexibility index (Phi) is 3.27. The number of para-hydroxylation sites is 1. The summed E-state index contributed by atoms with van der Waals surface area (Å²) in [5, 5.41) is 0. The van der Waals surface area contributed by atoms with Gasteiger partial charge in [0.2, 0.25) is 0 Å². The first kappa shape index (κ1) is 11.2. The Morgan fingerprint density at radius 3 is 2.50 bits per heavy atom. The van der Waals surface area contributed by atoms with E-state index in [1.165, 1.54) is 0 Å². The first-order chi connectivity index (χ1) is 7.82. The van der Waals surface area contributed by atoms with Crippen LogP contribution in [0.2, 0.25) is 0 Å². The molecule has 0 aliphatic carbocycles. The SMILES string of the molecule is COCC1(COC)C=COc2ccccc21. The van der Waals surface area contributed by atoms with E-state index in [1.54, 1.807) is 20.5 Å². The van der Waals surface area contributed by atoms with Crippen LogP contribution in [-0.4, -0.2) is 27.4 Å². The Hall–Kier alpha value is -1.32. The van der Waals surface area contributed by atoms with Gasteiger partial charge in [-0.2, -0.15) is 0 Å². The van der Waals surface area contributed by atoms with Crippen molar-refractivity contribution in [1.82, 2.24) is 0 Å². The highest BCUT2D eigenvalue weighted by Gasteiger charge is 2.34. The molecule has 3 heteroatoms. The molecular weight excluding hydrogens is 204 g/mol. The molecule has 0 N–H and O–H groups in total. The summed E-state index contributed by atoms with van der Waals surface area (Å²) in [6.07, 6.45) is 3.71. The second-order valence-corrected chi connectivity index (χ2v) is 3.94. The molecule has 1 aliphatic rings. The van der Waals surface area contributed by atoms with E-state index in [2.05, 4.69) is 6.07 Å². The Balaban J connectivity index is 2.43. The standard InChI is InChI=1S/C13H16O3/c1-14-9-13(10-15-2)7-8-16-12-6-4-3-5-11(12)13/h3-8H,9-10H2,1-2H3. The third-order valence-corrected chi connectivity index (χ3v) is 2.81. The molecule has 1 aliphatic heterocycles. The fourth-order valence-corrected chi connectivity index (χ4v) is 2.12. The summed E-state index contributed by atoms with van der Waals surface area (Å²) in [6, 6.07) is 7.97. The molecule has 0 saturated heterocycles. The van der Waals surface area contributed by atoms with E-state index in [-0.39, 0.29) is 5.41 Å². The summed E-state index contributed by atoms with van der Waals surface area (Å²) in [4.78, 5) is 0. The van der Waals surface area contributed by atoms with Crippen LogP contribution in [0, 0.1) is 0 Å². The first-order valence-electron chi connectivity index (χ1n) is 5.24. The molecule has 0 spiro atoms. The van der Waals surface area contributed by atoms with Crippen LogP contribution in [0.15, 0.2) is 36.6 Å². The minimum atomic E-state index is -0.238. The normalized spacial score (nSPS) is 16.6. The van der Waals surface area contributed by atoms with E-state index in [0.717, 1.165) is 11.3 Å². The summed E-state index contributed by atoms with van der Waals surface area (Å²) >= 11 is 0. The smallest absolute Gasteiger partial charge is 0.130 e. The third-order valence-electron chi connectivity index (χ3n) is 2.81. The zero-order chi connectivity index (χ0) is 11.4. The minimum Gasteiger partial charge on any atom is -0.465 e. The van der Waals surface area contributed by atoms with Crippen molar-refractivity contribution < 1.29 is 14.2 Å². The number of rotatable bonds is 4.